The molecule has 0 bridgehead atoms. The fraction of sp³-hybridized carbons (Fsp3) is 0.423. The molecule has 0 saturated carbocycles. The second-order valence-corrected chi connectivity index (χ2v) is 8.41. The lowest BCUT2D eigenvalue weighted by Gasteiger charge is -2.31. The molecular weight excluding hydrogens is 454 g/mol. The molecular formula is C26H31NO8. The molecule has 2 heterocycles. The van der Waals surface area contributed by atoms with Gasteiger partial charge in [-0.15, -0.1) is 0 Å². The molecule has 35 heavy (non-hydrogen) atoms. The number of rotatable bonds is 10. The Morgan fingerprint density at radius 2 is 1.80 bits per heavy atom. The molecule has 0 aliphatic carbocycles. The molecule has 2 aliphatic heterocycles. The summed E-state index contributed by atoms with van der Waals surface area (Å²) in [5.41, 5.74) is 2.74. The van der Waals surface area contributed by atoms with E-state index < -0.39 is 12.6 Å². The number of methoxy groups -OCH3 is 2. The zero-order valence-corrected chi connectivity index (χ0v) is 20.1. The second-order valence-electron chi connectivity index (χ2n) is 8.41. The van der Waals surface area contributed by atoms with Gasteiger partial charge in [-0.25, -0.2) is 0 Å². The van der Waals surface area contributed by atoms with E-state index in [1.165, 1.54) is 19.1 Å². The van der Waals surface area contributed by atoms with Gasteiger partial charge >= 0.3 is 0 Å². The Labute approximate surface area is 204 Å². The largest absolute Gasteiger partial charge is 0.459 e. The molecule has 2 atom stereocenters. The van der Waals surface area contributed by atoms with Gasteiger partial charge in [-0.05, 0) is 34.9 Å². The summed E-state index contributed by atoms with van der Waals surface area (Å²) in [5.74, 6) is 1.15. The van der Waals surface area contributed by atoms with E-state index in [-0.39, 0.29) is 37.5 Å². The molecule has 0 radical (unpaired) electrons. The Morgan fingerprint density at radius 1 is 1.09 bits per heavy atom. The predicted octanol–water partition coefficient (Wildman–Crippen LogP) is 2.92. The third-order valence-corrected chi connectivity index (χ3v) is 6.03. The molecule has 1 amide bonds. The summed E-state index contributed by atoms with van der Waals surface area (Å²) in [7, 11) is 4.71. The summed E-state index contributed by atoms with van der Waals surface area (Å²) in [5, 5.41) is 9.24. The first-order valence-corrected chi connectivity index (χ1v) is 11.4. The van der Waals surface area contributed by atoms with Gasteiger partial charge in [0.15, 0.2) is 23.5 Å². The van der Waals surface area contributed by atoms with Gasteiger partial charge in [-0.1, -0.05) is 30.3 Å². The quantitative estimate of drug-likeness (QED) is 0.514. The first kappa shape index (κ1) is 25.0. The summed E-state index contributed by atoms with van der Waals surface area (Å²) in [4.78, 5) is 14.7. The predicted molar refractivity (Wildman–Crippen MR) is 125 cm³/mol. The van der Waals surface area contributed by atoms with Crippen molar-refractivity contribution in [2.75, 3.05) is 34.6 Å². The number of aliphatic hydroxyl groups excluding tert-OH is 1. The minimum atomic E-state index is -0.638. The lowest BCUT2D eigenvalue weighted by molar-refractivity contribution is -0.160. The van der Waals surface area contributed by atoms with Crippen molar-refractivity contribution in [3.8, 4) is 11.5 Å². The smallest absolute Gasteiger partial charge is 0.288 e. The van der Waals surface area contributed by atoms with Crippen LogP contribution in [0.5, 0.6) is 11.5 Å². The van der Waals surface area contributed by atoms with Crippen molar-refractivity contribution in [3.63, 3.8) is 0 Å². The van der Waals surface area contributed by atoms with Gasteiger partial charge in [0.2, 0.25) is 13.1 Å². The molecule has 188 valence electrons. The maximum absolute atomic E-state index is 13.2. The number of hydrogen-bond donors (Lipinski definition) is 1. The van der Waals surface area contributed by atoms with E-state index in [1.54, 1.807) is 7.05 Å². The van der Waals surface area contributed by atoms with Crippen molar-refractivity contribution in [2.24, 2.45) is 0 Å². The van der Waals surface area contributed by atoms with Crippen LogP contribution in [0.4, 0.5) is 0 Å². The SMILES string of the molecule is COC(CN(C)C(=O)C1=C[C@H](c2ccc3c(c2)OCO3)C[C@H](OCc2ccc(CO)cc2)O1)OC. The summed E-state index contributed by atoms with van der Waals surface area (Å²) in [6.45, 7) is 0.722. The number of carbonyl (C=O) groups is 1. The maximum Gasteiger partial charge on any atom is 0.288 e. The fourth-order valence-electron chi connectivity index (χ4n) is 3.96. The molecule has 0 spiro atoms. The van der Waals surface area contributed by atoms with Crippen LogP contribution in [0.2, 0.25) is 0 Å². The van der Waals surface area contributed by atoms with E-state index in [1.807, 2.05) is 48.5 Å². The van der Waals surface area contributed by atoms with E-state index in [9.17, 15) is 9.90 Å². The molecule has 1 N–H and O–H groups in total. The van der Waals surface area contributed by atoms with Crippen molar-refractivity contribution >= 4 is 5.91 Å². The average Bonchev–Trinajstić information content (AvgIpc) is 3.38. The average molecular weight is 486 g/mol. The van der Waals surface area contributed by atoms with Crippen LogP contribution in [0.15, 0.2) is 54.3 Å². The van der Waals surface area contributed by atoms with E-state index >= 15 is 0 Å². The number of nitrogens with zero attached hydrogens (tertiary/aromatic N) is 1. The van der Waals surface area contributed by atoms with Crippen molar-refractivity contribution < 1.29 is 38.3 Å². The number of allylic oxidation sites excluding steroid dienone is 1. The molecule has 2 aromatic rings. The van der Waals surface area contributed by atoms with Crippen LogP contribution >= 0.6 is 0 Å². The minimum absolute atomic E-state index is 0.0130. The highest BCUT2D eigenvalue weighted by Gasteiger charge is 2.31. The maximum atomic E-state index is 13.2. The Morgan fingerprint density at radius 3 is 2.51 bits per heavy atom. The summed E-state index contributed by atoms with van der Waals surface area (Å²) in [6, 6.07) is 13.3. The Hall–Kier alpha value is -3.11. The van der Waals surface area contributed by atoms with E-state index in [2.05, 4.69) is 0 Å². The number of likely N-dealkylation sites (N-methyl/N-ethyl adjacent to an activating group) is 1. The van der Waals surface area contributed by atoms with Crippen LogP contribution in [-0.4, -0.2) is 63.1 Å². The molecule has 0 aromatic heterocycles. The van der Waals surface area contributed by atoms with Gasteiger partial charge in [0.1, 0.15) is 0 Å². The summed E-state index contributed by atoms with van der Waals surface area (Å²) >= 11 is 0. The van der Waals surface area contributed by atoms with Crippen molar-refractivity contribution in [2.45, 2.75) is 38.1 Å². The number of aliphatic hydroxyl groups is 1. The highest BCUT2D eigenvalue weighted by Crippen LogP contribution is 2.38. The van der Waals surface area contributed by atoms with Gasteiger partial charge in [0, 0.05) is 33.6 Å². The van der Waals surface area contributed by atoms with Crippen LogP contribution < -0.4 is 9.47 Å². The minimum Gasteiger partial charge on any atom is -0.459 e. The normalized spacial score (nSPS) is 18.8. The lowest BCUT2D eigenvalue weighted by atomic mass is 9.92. The van der Waals surface area contributed by atoms with Gasteiger partial charge in [0.25, 0.3) is 5.91 Å². The first-order valence-electron chi connectivity index (χ1n) is 11.4. The standard InChI is InChI=1S/C26H31NO8/c1-27(13-25(30-2)31-3)26(29)23-11-20(19-8-9-21-22(10-19)34-16-33-21)12-24(35-23)32-15-18-6-4-17(14-28)5-7-18/h4-11,20,24-25,28H,12-16H2,1-3H3/t20-,24+/m0/s1. The number of fused-ring (bicyclic) bond motifs is 1. The van der Waals surface area contributed by atoms with Crippen molar-refractivity contribution in [1.29, 1.82) is 0 Å². The van der Waals surface area contributed by atoms with Crippen molar-refractivity contribution in [3.05, 3.63) is 71.0 Å². The summed E-state index contributed by atoms with van der Waals surface area (Å²) in [6.07, 6.45) is 1.15. The fourth-order valence-corrected chi connectivity index (χ4v) is 3.96. The van der Waals surface area contributed by atoms with E-state index in [0.717, 1.165) is 16.7 Å². The topological polar surface area (TPSA) is 95.9 Å². The molecule has 2 aliphatic rings. The number of amides is 1. The lowest BCUT2D eigenvalue weighted by Crippen LogP contribution is -2.39. The molecule has 2 aromatic carbocycles. The Bertz CT molecular complexity index is 1030. The van der Waals surface area contributed by atoms with Crippen LogP contribution in [0.3, 0.4) is 0 Å². The zero-order chi connectivity index (χ0) is 24.8. The van der Waals surface area contributed by atoms with Gasteiger partial charge < -0.3 is 38.4 Å². The third-order valence-electron chi connectivity index (χ3n) is 6.03. The number of carbonyl (C=O) groups excluding carboxylic acids is 1. The number of hydrogen-bond acceptors (Lipinski definition) is 8. The molecule has 9 nitrogen and oxygen atoms in total. The van der Waals surface area contributed by atoms with Crippen molar-refractivity contribution in [1.82, 2.24) is 4.90 Å². The van der Waals surface area contributed by atoms with Crippen LogP contribution in [-0.2, 0) is 37.0 Å². The Kier molecular flexibility index (Phi) is 8.25. The van der Waals surface area contributed by atoms with E-state index in [4.69, 9.17) is 28.4 Å². The monoisotopic (exact) mass is 485 g/mol. The van der Waals surface area contributed by atoms with Crippen LogP contribution in [0, 0.1) is 0 Å². The van der Waals surface area contributed by atoms with Gasteiger partial charge in [-0.2, -0.15) is 0 Å². The molecule has 9 heteroatoms. The zero-order valence-electron chi connectivity index (χ0n) is 20.1. The second kappa shape index (κ2) is 11.5. The molecule has 0 fully saturated rings. The van der Waals surface area contributed by atoms with Crippen LogP contribution in [0.1, 0.15) is 29.0 Å². The highest BCUT2D eigenvalue weighted by atomic mass is 16.7. The number of benzene rings is 2. The van der Waals surface area contributed by atoms with E-state index in [0.29, 0.717) is 24.5 Å². The van der Waals surface area contributed by atoms with Crippen LogP contribution in [0.25, 0.3) is 0 Å². The Balaban J connectivity index is 1.52. The highest BCUT2D eigenvalue weighted by molar-refractivity contribution is 5.91. The molecule has 4 rings (SSSR count). The summed E-state index contributed by atoms with van der Waals surface area (Å²) < 4.78 is 33.5. The molecule has 0 unspecified atom stereocenters. The third kappa shape index (κ3) is 6.12. The molecule has 0 saturated heterocycles. The van der Waals surface area contributed by atoms with Gasteiger partial charge in [0.05, 0.1) is 19.8 Å². The first-order chi connectivity index (χ1) is 17.0. The number of ether oxygens (including phenoxy) is 6. The van der Waals surface area contributed by atoms with Gasteiger partial charge in [-0.3, -0.25) is 4.79 Å².